The Morgan fingerprint density at radius 3 is 2.90 bits per heavy atom. The van der Waals surface area contributed by atoms with Gasteiger partial charge >= 0.3 is 0 Å². The van der Waals surface area contributed by atoms with E-state index in [0.29, 0.717) is 0 Å². The minimum absolute atomic E-state index is 0.0137. The first-order valence-corrected chi connectivity index (χ1v) is 9.09. The van der Waals surface area contributed by atoms with Gasteiger partial charge in [-0.05, 0) is 31.2 Å². The van der Waals surface area contributed by atoms with Crippen LogP contribution in [0.15, 0.2) is 47.5 Å². The average Bonchev–Trinajstić information content (AvgIpc) is 3.09. The summed E-state index contributed by atoms with van der Waals surface area (Å²) in [6, 6.07) is 6.50. The minimum Gasteiger partial charge on any atom is -0.369 e. The van der Waals surface area contributed by atoms with Crippen molar-refractivity contribution in [3.63, 3.8) is 0 Å². The van der Waals surface area contributed by atoms with Gasteiger partial charge in [-0.2, -0.15) is 5.10 Å². The van der Waals surface area contributed by atoms with E-state index in [-0.39, 0.29) is 39.5 Å². The Morgan fingerprint density at radius 2 is 2.17 bits per heavy atom. The Balaban J connectivity index is 1.92. The monoisotopic (exact) mass is 424 g/mol. The summed E-state index contributed by atoms with van der Waals surface area (Å²) in [6.45, 7) is 9.00. The predicted octanol–water partition coefficient (Wildman–Crippen LogP) is 3.37. The van der Waals surface area contributed by atoms with Crippen LogP contribution in [0.3, 0.4) is 0 Å². The van der Waals surface area contributed by atoms with Crippen molar-refractivity contribution < 1.29 is 4.39 Å². The Bertz CT molecular complexity index is 1370. The maximum Gasteiger partial charge on any atom is 0.284 e. The SMILES string of the molecule is [C-]#[N+]c1cnc(N)nc1NC(C)c1nn2ccc(Cl)c2c(=O)n1-c1cccc(F)c1. The highest BCUT2D eigenvalue weighted by atomic mass is 35.5. The number of fused-ring (bicyclic) bond motifs is 1. The molecular weight excluding hydrogens is 411 g/mol. The first-order chi connectivity index (χ1) is 14.4. The molecule has 0 spiro atoms. The first kappa shape index (κ1) is 19.4. The summed E-state index contributed by atoms with van der Waals surface area (Å²) in [6.07, 6.45) is 2.85. The van der Waals surface area contributed by atoms with Gasteiger partial charge in [0.15, 0.2) is 5.82 Å². The first-order valence-electron chi connectivity index (χ1n) is 8.71. The third-order valence-corrected chi connectivity index (χ3v) is 4.68. The Morgan fingerprint density at radius 1 is 1.37 bits per heavy atom. The number of aromatic nitrogens is 5. The van der Waals surface area contributed by atoms with Gasteiger partial charge in [-0.3, -0.25) is 9.36 Å². The van der Waals surface area contributed by atoms with E-state index >= 15 is 0 Å². The molecule has 1 unspecified atom stereocenters. The van der Waals surface area contributed by atoms with Gasteiger partial charge in [0.2, 0.25) is 11.6 Å². The maximum absolute atomic E-state index is 13.9. The summed E-state index contributed by atoms with van der Waals surface area (Å²) in [7, 11) is 0. The van der Waals surface area contributed by atoms with Crippen molar-refractivity contribution in [3.8, 4) is 5.69 Å². The van der Waals surface area contributed by atoms with Crippen LogP contribution in [0.4, 0.5) is 21.8 Å². The van der Waals surface area contributed by atoms with Gasteiger partial charge in [-0.1, -0.05) is 17.7 Å². The van der Waals surface area contributed by atoms with Crippen LogP contribution >= 0.6 is 11.6 Å². The van der Waals surface area contributed by atoms with Crippen molar-refractivity contribution >= 4 is 34.6 Å². The molecule has 3 N–H and O–H groups in total. The van der Waals surface area contributed by atoms with Gasteiger partial charge in [-0.15, -0.1) is 0 Å². The summed E-state index contributed by atoms with van der Waals surface area (Å²) in [5.41, 5.74) is 5.76. The number of halogens is 2. The lowest BCUT2D eigenvalue weighted by Gasteiger charge is -2.20. The van der Waals surface area contributed by atoms with Crippen LogP contribution in [0, 0.1) is 12.4 Å². The van der Waals surface area contributed by atoms with Crippen LogP contribution in [0.25, 0.3) is 16.0 Å². The predicted molar refractivity (Wildman–Crippen MR) is 111 cm³/mol. The fourth-order valence-electron chi connectivity index (χ4n) is 3.04. The molecule has 11 heteroatoms. The molecule has 0 amide bonds. The number of hydrogen-bond donors (Lipinski definition) is 2. The summed E-state index contributed by atoms with van der Waals surface area (Å²) >= 11 is 6.16. The molecule has 0 fully saturated rings. The molecule has 1 atom stereocenters. The molecule has 30 heavy (non-hydrogen) atoms. The quantitative estimate of drug-likeness (QED) is 0.486. The Kier molecular flexibility index (Phi) is 4.81. The molecule has 150 valence electrons. The van der Waals surface area contributed by atoms with Gasteiger partial charge < -0.3 is 11.1 Å². The van der Waals surface area contributed by atoms with Gasteiger partial charge in [0.25, 0.3) is 5.56 Å². The number of nitrogens with two attached hydrogens (primary N) is 1. The van der Waals surface area contributed by atoms with E-state index in [1.165, 1.54) is 33.5 Å². The lowest BCUT2D eigenvalue weighted by atomic mass is 10.2. The molecule has 1 aromatic carbocycles. The zero-order chi connectivity index (χ0) is 21.4. The van der Waals surface area contributed by atoms with Crippen molar-refractivity contribution in [3.05, 3.63) is 81.2 Å². The number of rotatable bonds is 4. The highest BCUT2D eigenvalue weighted by Gasteiger charge is 2.21. The molecule has 3 heterocycles. The molecule has 0 bridgehead atoms. The molecular formula is C19H14ClFN8O. The smallest absolute Gasteiger partial charge is 0.284 e. The summed E-state index contributed by atoms with van der Waals surface area (Å²) in [4.78, 5) is 24.5. The van der Waals surface area contributed by atoms with Gasteiger partial charge in [0.05, 0.1) is 23.3 Å². The van der Waals surface area contributed by atoms with Crippen molar-refractivity contribution in [1.29, 1.82) is 0 Å². The number of nitrogens with zero attached hydrogens (tertiary/aromatic N) is 6. The highest BCUT2D eigenvalue weighted by molar-refractivity contribution is 6.33. The van der Waals surface area contributed by atoms with E-state index in [0.717, 1.165) is 0 Å². The third kappa shape index (κ3) is 3.31. The lowest BCUT2D eigenvalue weighted by Crippen LogP contribution is -2.29. The van der Waals surface area contributed by atoms with Crippen LogP contribution in [0.2, 0.25) is 5.02 Å². The molecule has 0 aliphatic rings. The number of nitrogen functional groups attached to an aromatic ring is 1. The third-order valence-electron chi connectivity index (χ3n) is 4.38. The van der Waals surface area contributed by atoms with E-state index in [4.69, 9.17) is 23.9 Å². The summed E-state index contributed by atoms with van der Waals surface area (Å²) in [5, 5.41) is 7.76. The number of nitrogens with one attached hydrogen (secondary N) is 1. The van der Waals surface area contributed by atoms with Gasteiger partial charge in [-0.25, -0.2) is 23.7 Å². The van der Waals surface area contributed by atoms with Crippen LogP contribution in [0.1, 0.15) is 18.8 Å². The van der Waals surface area contributed by atoms with E-state index in [2.05, 4.69) is 25.2 Å². The molecule has 3 aromatic heterocycles. The number of anilines is 2. The van der Waals surface area contributed by atoms with Gasteiger partial charge in [0, 0.05) is 12.4 Å². The van der Waals surface area contributed by atoms with E-state index in [9.17, 15) is 9.18 Å². The summed E-state index contributed by atoms with van der Waals surface area (Å²) < 4.78 is 16.5. The second-order valence-electron chi connectivity index (χ2n) is 6.38. The van der Waals surface area contributed by atoms with Crippen LogP contribution < -0.4 is 16.6 Å². The van der Waals surface area contributed by atoms with E-state index in [1.807, 2.05) is 0 Å². The van der Waals surface area contributed by atoms with Crippen molar-refractivity contribution in [2.75, 3.05) is 11.1 Å². The molecule has 4 rings (SSSR count). The Labute approximate surface area is 174 Å². The topological polar surface area (TPSA) is 107 Å². The van der Waals surface area contributed by atoms with Crippen LogP contribution in [-0.4, -0.2) is 24.1 Å². The zero-order valence-corrected chi connectivity index (χ0v) is 16.3. The number of hydrogen-bond acceptors (Lipinski definition) is 6. The highest BCUT2D eigenvalue weighted by Crippen LogP contribution is 2.27. The van der Waals surface area contributed by atoms with E-state index in [1.54, 1.807) is 25.3 Å². The molecule has 9 nitrogen and oxygen atoms in total. The van der Waals surface area contributed by atoms with Crippen molar-refractivity contribution in [2.45, 2.75) is 13.0 Å². The van der Waals surface area contributed by atoms with Crippen LogP contribution in [-0.2, 0) is 0 Å². The van der Waals surface area contributed by atoms with Gasteiger partial charge in [0.1, 0.15) is 17.2 Å². The molecule has 0 aliphatic carbocycles. The fourth-order valence-corrected chi connectivity index (χ4v) is 3.26. The second-order valence-corrected chi connectivity index (χ2v) is 6.78. The molecule has 0 saturated carbocycles. The normalized spacial score (nSPS) is 11.9. The van der Waals surface area contributed by atoms with E-state index < -0.39 is 17.4 Å². The zero-order valence-electron chi connectivity index (χ0n) is 15.5. The largest absolute Gasteiger partial charge is 0.369 e. The minimum atomic E-state index is -0.624. The molecule has 0 saturated heterocycles. The standard InChI is InChI=1S/C19H14ClFN8O/c1-10(25-16-14(23-2)9-24-19(22)26-16)17-27-28-7-6-13(20)15(28)18(30)29(17)12-5-3-4-11(21)8-12/h3-10H,1H3,(H3,22,24,25,26). The average molecular weight is 425 g/mol. The lowest BCUT2D eigenvalue weighted by molar-refractivity contribution is 0.622. The van der Waals surface area contributed by atoms with Crippen molar-refractivity contribution in [2.24, 2.45) is 0 Å². The maximum atomic E-state index is 13.9. The molecule has 4 aromatic rings. The van der Waals surface area contributed by atoms with Crippen molar-refractivity contribution in [1.82, 2.24) is 24.1 Å². The molecule has 0 aliphatic heterocycles. The molecule has 0 radical (unpaired) electrons. The summed E-state index contributed by atoms with van der Waals surface area (Å²) in [5.74, 6) is -0.0828. The fraction of sp³-hybridized carbons (Fsp3) is 0.105. The number of benzene rings is 1. The second kappa shape index (κ2) is 7.46. The van der Waals surface area contributed by atoms with Crippen LogP contribution in [0.5, 0.6) is 0 Å². The Hall–Kier alpha value is -3.97.